The average molecular weight is 191 g/mol. The van der Waals surface area contributed by atoms with Gasteiger partial charge in [0.15, 0.2) is 11.5 Å². The standard InChI is InChI=1S/C9H9N3O2/c1-14-9-4-6(2-3-8(9)13)7-5-10-12-11-7/h2-5,13H,1H3,(H,10,11,12). The number of phenolic OH excluding ortho intramolecular Hbond substituents is 1. The van der Waals surface area contributed by atoms with Crippen molar-refractivity contribution in [3.05, 3.63) is 24.4 Å². The van der Waals surface area contributed by atoms with Crippen LogP contribution in [0.1, 0.15) is 0 Å². The molecule has 1 aromatic carbocycles. The van der Waals surface area contributed by atoms with Crippen LogP contribution in [0.3, 0.4) is 0 Å². The number of aromatic nitrogens is 3. The van der Waals surface area contributed by atoms with E-state index in [1.807, 2.05) is 0 Å². The summed E-state index contributed by atoms with van der Waals surface area (Å²) < 4.78 is 4.98. The summed E-state index contributed by atoms with van der Waals surface area (Å²) in [5.74, 6) is 0.533. The van der Waals surface area contributed by atoms with Crippen molar-refractivity contribution in [2.75, 3.05) is 7.11 Å². The summed E-state index contributed by atoms with van der Waals surface area (Å²) in [5.41, 5.74) is 1.55. The Morgan fingerprint density at radius 2 is 2.29 bits per heavy atom. The first kappa shape index (κ1) is 8.55. The fourth-order valence-electron chi connectivity index (χ4n) is 1.18. The predicted octanol–water partition coefficient (Wildman–Crippen LogP) is 1.19. The maximum absolute atomic E-state index is 9.36. The molecule has 0 amide bonds. The molecule has 0 atom stereocenters. The van der Waals surface area contributed by atoms with Gasteiger partial charge < -0.3 is 9.84 Å². The number of aromatic hydroxyl groups is 1. The molecule has 0 saturated heterocycles. The van der Waals surface area contributed by atoms with Crippen LogP contribution in [-0.2, 0) is 0 Å². The Hall–Kier alpha value is -2.04. The van der Waals surface area contributed by atoms with Gasteiger partial charge in [-0.05, 0) is 18.2 Å². The molecule has 0 aliphatic carbocycles. The highest BCUT2D eigenvalue weighted by Gasteiger charge is 2.05. The number of phenols is 1. The van der Waals surface area contributed by atoms with Gasteiger partial charge in [0.2, 0.25) is 0 Å². The number of aromatic amines is 1. The van der Waals surface area contributed by atoms with Gasteiger partial charge in [0, 0.05) is 5.56 Å². The van der Waals surface area contributed by atoms with Crippen LogP contribution in [-0.4, -0.2) is 27.6 Å². The quantitative estimate of drug-likeness (QED) is 0.747. The van der Waals surface area contributed by atoms with E-state index in [2.05, 4.69) is 15.4 Å². The third-order valence-corrected chi connectivity index (χ3v) is 1.89. The second-order valence-corrected chi connectivity index (χ2v) is 2.74. The molecule has 72 valence electrons. The van der Waals surface area contributed by atoms with Crippen molar-refractivity contribution in [2.24, 2.45) is 0 Å². The van der Waals surface area contributed by atoms with E-state index in [0.29, 0.717) is 11.4 Å². The number of hydrogen-bond acceptors (Lipinski definition) is 4. The number of hydrogen-bond donors (Lipinski definition) is 2. The van der Waals surface area contributed by atoms with Crippen molar-refractivity contribution in [1.82, 2.24) is 15.4 Å². The van der Waals surface area contributed by atoms with Crippen molar-refractivity contribution in [1.29, 1.82) is 0 Å². The Morgan fingerprint density at radius 3 is 2.93 bits per heavy atom. The lowest BCUT2D eigenvalue weighted by atomic mass is 10.1. The highest BCUT2D eigenvalue weighted by Crippen LogP contribution is 2.29. The predicted molar refractivity (Wildman–Crippen MR) is 50.0 cm³/mol. The summed E-state index contributed by atoms with van der Waals surface area (Å²) in [7, 11) is 1.50. The lowest BCUT2D eigenvalue weighted by Gasteiger charge is -2.03. The average Bonchev–Trinajstić information content (AvgIpc) is 2.71. The molecule has 2 rings (SSSR count). The monoisotopic (exact) mass is 191 g/mol. The second kappa shape index (κ2) is 3.37. The normalized spacial score (nSPS) is 10.1. The van der Waals surface area contributed by atoms with Crippen molar-refractivity contribution >= 4 is 0 Å². The first-order valence-electron chi connectivity index (χ1n) is 4.04. The van der Waals surface area contributed by atoms with Crippen LogP contribution < -0.4 is 4.74 Å². The SMILES string of the molecule is COc1cc(-c2cn[nH]n2)ccc1O. The van der Waals surface area contributed by atoms with E-state index in [1.54, 1.807) is 24.4 Å². The number of nitrogens with zero attached hydrogens (tertiary/aromatic N) is 2. The van der Waals surface area contributed by atoms with E-state index in [1.165, 1.54) is 7.11 Å². The summed E-state index contributed by atoms with van der Waals surface area (Å²) >= 11 is 0. The minimum atomic E-state index is 0.111. The Morgan fingerprint density at radius 1 is 1.43 bits per heavy atom. The molecule has 5 nitrogen and oxygen atoms in total. The third-order valence-electron chi connectivity index (χ3n) is 1.89. The number of H-pyrrole nitrogens is 1. The van der Waals surface area contributed by atoms with Gasteiger partial charge in [-0.1, -0.05) is 0 Å². The van der Waals surface area contributed by atoms with Crippen LogP contribution in [0.4, 0.5) is 0 Å². The van der Waals surface area contributed by atoms with Gasteiger partial charge in [-0.25, -0.2) is 0 Å². The van der Waals surface area contributed by atoms with E-state index in [-0.39, 0.29) is 5.75 Å². The van der Waals surface area contributed by atoms with Crippen molar-refractivity contribution in [3.8, 4) is 22.8 Å². The molecule has 5 heteroatoms. The Labute approximate surface area is 80.3 Å². The zero-order valence-corrected chi connectivity index (χ0v) is 7.56. The molecule has 0 bridgehead atoms. The molecule has 0 unspecified atom stereocenters. The maximum Gasteiger partial charge on any atom is 0.161 e. The minimum absolute atomic E-state index is 0.111. The van der Waals surface area contributed by atoms with Crippen molar-refractivity contribution in [2.45, 2.75) is 0 Å². The molecule has 0 aliphatic rings. The van der Waals surface area contributed by atoms with Gasteiger partial charge in [-0.3, -0.25) is 0 Å². The second-order valence-electron chi connectivity index (χ2n) is 2.74. The van der Waals surface area contributed by atoms with Gasteiger partial charge >= 0.3 is 0 Å². The molecule has 1 aromatic heterocycles. The van der Waals surface area contributed by atoms with Gasteiger partial charge in [-0.2, -0.15) is 15.4 Å². The number of benzene rings is 1. The third kappa shape index (κ3) is 1.39. The number of methoxy groups -OCH3 is 1. The molecule has 2 aromatic rings. The van der Waals surface area contributed by atoms with Crippen LogP contribution in [0.5, 0.6) is 11.5 Å². The summed E-state index contributed by atoms with van der Waals surface area (Å²) in [6.45, 7) is 0. The smallest absolute Gasteiger partial charge is 0.161 e. The Bertz CT molecular complexity index is 426. The van der Waals surface area contributed by atoms with Crippen LogP contribution >= 0.6 is 0 Å². The highest BCUT2D eigenvalue weighted by atomic mass is 16.5. The highest BCUT2D eigenvalue weighted by molar-refractivity contribution is 5.62. The van der Waals surface area contributed by atoms with Gasteiger partial charge in [0.25, 0.3) is 0 Å². The number of nitrogens with one attached hydrogen (secondary N) is 1. The number of rotatable bonds is 2. The summed E-state index contributed by atoms with van der Waals surface area (Å²) in [4.78, 5) is 0. The molecular weight excluding hydrogens is 182 g/mol. The fraction of sp³-hybridized carbons (Fsp3) is 0.111. The van der Waals surface area contributed by atoms with Gasteiger partial charge in [0.05, 0.1) is 13.3 Å². The minimum Gasteiger partial charge on any atom is -0.504 e. The van der Waals surface area contributed by atoms with Crippen LogP contribution in [0.25, 0.3) is 11.3 Å². The van der Waals surface area contributed by atoms with E-state index >= 15 is 0 Å². The van der Waals surface area contributed by atoms with Crippen LogP contribution in [0, 0.1) is 0 Å². The zero-order chi connectivity index (χ0) is 9.97. The molecule has 0 saturated carbocycles. The Balaban J connectivity index is 2.46. The molecular formula is C9H9N3O2. The molecule has 0 spiro atoms. The van der Waals surface area contributed by atoms with E-state index in [9.17, 15) is 5.11 Å². The molecule has 2 N–H and O–H groups in total. The molecule has 0 fully saturated rings. The molecule has 1 heterocycles. The summed E-state index contributed by atoms with van der Waals surface area (Å²) in [6, 6.07) is 5.01. The maximum atomic E-state index is 9.36. The van der Waals surface area contributed by atoms with E-state index in [4.69, 9.17) is 4.74 Å². The first-order valence-corrected chi connectivity index (χ1v) is 4.04. The largest absolute Gasteiger partial charge is 0.504 e. The van der Waals surface area contributed by atoms with Gasteiger partial charge in [0.1, 0.15) is 5.69 Å². The van der Waals surface area contributed by atoms with Crippen LogP contribution in [0.2, 0.25) is 0 Å². The lowest BCUT2D eigenvalue weighted by molar-refractivity contribution is 0.373. The van der Waals surface area contributed by atoms with Crippen molar-refractivity contribution in [3.63, 3.8) is 0 Å². The van der Waals surface area contributed by atoms with Crippen molar-refractivity contribution < 1.29 is 9.84 Å². The van der Waals surface area contributed by atoms with E-state index in [0.717, 1.165) is 5.56 Å². The topological polar surface area (TPSA) is 71.0 Å². The van der Waals surface area contributed by atoms with E-state index < -0.39 is 0 Å². The number of ether oxygens (including phenoxy) is 1. The zero-order valence-electron chi connectivity index (χ0n) is 7.56. The van der Waals surface area contributed by atoms with Gasteiger partial charge in [-0.15, -0.1) is 0 Å². The fourth-order valence-corrected chi connectivity index (χ4v) is 1.18. The summed E-state index contributed by atoms with van der Waals surface area (Å²) in [5, 5.41) is 19.5. The molecule has 0 aliphatic heterocycles. The summed E-state index contributed by atoms with van der Waals surface area (Å²) in [6.07, 6.45) is 1.60. The molecule has 14 heavy (non-hydrogen) atoms. The first-order chi connectivity index (χ1) is 6.81. The lowest BCUT2D eigenvalue weighted by Crippen LogP contribution is -1.85. The molecule has 0 radical (unpaired) electrons. The van der Waals surface area contributed by atoms with Crippen LogP contribution in [0.15, 0.2) is 24.4 Å². The Kier molecular flexibility index (Phi) is 2.06.